The molecule has 186 valence electrons. The van der Waals surface area contributed by atoms with E-state index >= 15 is 0 Å². The summed E-state index contributed by atoms with van der Waals surface area (Å²) in [5, 5.41) is 11.6. The SMILES string of the molecule is CC(C)Oc1ccc(/C(O)=C2\C(=O)C(=O)N(CCN3CCOCC3)[C@@H]2c2cccc(Cl)c2)cc1F. The first-order valence-corrected chi connectivity index (χ1v) is 11.9. The number of hydrogen-bond acceptors (Lipinski definition) is 6. The lowest BCUT2D eigenvalue weighted by atomic mass is 9.95. The van der Waals surface area contributed by atoms with Gasteiger partial charge in [-0.15, -0.1) is 0 Å². The Bertz CT molecular complexity index is 1150. The zero-order valence-electron chi connectivity index (χ0n) is 19.7. The maximum Gasteiger partial charge on any atom is 0.295 e. The number of carbonyl (C=O) groups excluding carboxylic acids is 2. The van der Waals surface area contributed by atoms with E-state index in [9.17, 15) is 19.1 Å². The van der Waals surface area contributed by atoms with E-state index in [0.29, 0.717) is 30.3 Å². The Morgan fingerprint density at radius 2 is 1.91 bits per heavy atom. The molecule has 2 heterocycles. The summed E-state index contributed by atoms with van der Waals surface area (Å²) in [6.45, 7) is 7.05. The first-order chi connectivity index (χ1) is 16.8. The maximum atomic E-state index is 14.7. The Kier molecular flexibility index (Phi) is 7.74. The molecule has 0 aromatic heterocycles. The van der Waals surface area contributed by atoms with Crippen LogP contribution in [0.15, 0.2) is 48.0 Å². The van der Waals surface area contributed by atoms with E-state index in [1.165, 1.54) is 17.0 Å². The van der Waals surface area contributed by atoms with Gasteiger partial charge < -0.3 is 19.5 Å². The number of amides is 1. The van der Waals surface area contributed by atoms with Crippen molar-refractivity contribution in [3.63, 3.8) is 0 Å². The van der Waals surface area contributed by atoms with Crippen molar-refractivity contribution in [3.8, 4) is 5.75 Å². The molecule has 2 aliphatic rings. The van der Waals surface area contributed by atoms with Gasteiger partial charge in [-0.1, -0.05) is 23.7 Å². The molecule has 0 aliphatic carbocycles. The zero-order valence-corrected chi connectivity index (χ0v) is 20.4. The highest BCUT2D eigenvalue weighted by Gasteiger charge is 2.46. The second kappa shape index (κ2) is 10.8. The van der Waals surface area contributed by atoms with Crippen LogP contribution in [-0.4, -0.2) is 72.1 Å². The molecule has 35 heavy (non-hydrogen) atoms. The minimum atomic E-state index is -0.857. The molecule has 0 unspecified atom stereocenters. The van der Waals surface area contributed by atoms with Gasteiger partial charge in [0.25, 0.3) is 11.7 Å². The van der Waals surface area contributed by atoms with Crippen LogP contribution in [-0.2, 0) is 14.3 Å². The third-order valence-corrected chi connectivity index (χ3v) is 6.27. The minimum Gasteiger partial charge on any atom is -0.507 e. The molecule has 4 rings (SSSR count). The van der Waals surface area contributed by atoms with E-state index in [1.54, 1.807) is 38.1 Å². The number of Topliss-reactive ketones (excluding diaryl/α,β-unsaturated/α-hetero) is 1. The van der Waals surface area contributed by atoms with Crippen molar-refractivity contribution in [2.75, 3.05) is 39.4 Å². The lowest BCUT2D eigenvalue weighted by molar-refractivity contribution is -0.140. The molecule has 2 fully saturated rings. The number of aliphatic hydroxyl groups is 1. The molecule has 0 saturated carbocycles. The van der Waals surface area contributed by atoms with Gasteiger partial charge in [0, 0.05) is 36.8 Å². The predicted octanol–water partition coefficient (Wildman–Crippen LogP) is 4.02. The second-order valence-electron chi connectivity index (χ2n) is 8.81. The van der Waals surface area contributed by atoms with Crippen LogP contribution in [0.4, 0.5) is 4.39 Å². The van der Waals surface area contributed by atoms with Gasteiger partial charge in [-0.25, -0.2) is 4.39 Å². The lowest BCUT2D eigenvalue weighted by Gasteiger charge is -2.31. The summed E-state index contributed by atoms with van der Waals surface area (Å²) in [5.74, 6) is -2.63. The van der Waals surface area contributed by atoms with Crippen molar-refractivity contribution < 1.29 is 28.6 Å². The molecule has 2 aromatic carbocycles. The van der Waals surface area contributed by atoms with Gasteiger partial charge in [-0.05, 0) is 49.7 Å². The van der Waals surface area contributed by atoms with Gasteiger partial charge in [0.1, 0.15) is 5.76 Å². The van der Waals surface area contributed by atoms with Crippen molar-refractivity contribution in [1.82, 2.24) is 9.80 Å². The van der Waals surface area contributed by atoms with Crippen LogP contribution in [0, 0.1) is 5.82 Å². The highest BCUT2D eigenvalue weighted by molar-refractivity contribution is 6.46. The number of ketones is 1. The average molecular weight is 503 g/mol. The molecule has 0 bridgehead atoms. The Balaban J connectivity index is 1.73. The third-order valence-electron chi connectivity index (χ3n) is 6.03. The Morgan fingerprint density at radius 1 is 1.17 bits per heavy atom. The van der Waals surface area contributed by atoms with Gasteiger partial charge >= 0.3 is 0 Å². The van der Waals surface area contributed by atoms with E-state index in [2.05, 4.69) is 4.90 Å². The van der Waals surface area contributed by atoms with Crippen LogP contribution in [0.1, 0.15) is 31.0 Å². The van der Waals surface area contributed by atoms with Crippen LogP contribution >= 0.6 is 11.6 Å². The number of carbonyl (C=O) groups is 2. The van der Waals surface area contributed by atoms with Gasteiger partial charge in [-0.3, -0.25) is 14.5 Å². The lowest BCUT2D eigenvalue weighted by Crippen LogP contribution is -2.42. The maximum absolute atomic E-state index is 14.7. The standard InChI is InChI=1S/C26H28ClFN2O5/c1-16(2)35-21-7-6-18(15-20(21)28)24(31)22-23(17-4-3-5-19(27)14-17)30(26(33)25(22)32)9-8-29-10-12-34-13-11-29/h3-7,14-16,23,31H,8-13H2,1-2H3/b24-22+/t23-/m1/s1. The number of ether oxygens (including phenoxy) is 2. The second-order valence-corrected chi connectivity index (χ2v) is 9.25. The molecule has 2 aromatic rings. The van der Waals surface area contributed by atoms with Crippen LogP contribution in [0.5, 0.6) is 5.75 Å². The van der Waals surface area contributed by atoms with Crippen molar-refractivity contribution in [2.45, 2.75) is 26.0 Å². The van der Waals surface area contributed by atoms with Crippen LogP contribution in [0.2, 0.25) is 5.02 Å². The summed E-state index contributed by atoms with van der Waals surface area (Å²) in [5.41, 5.74) is 0.563. The van der Waals surface area contributed by atoms with Crippen molar-refractivity contribution in [2.24, 2.45) is 0 Å². The summed E-state index contributed by atoms with van der Waals surface area (Å²) >= 11 is 6.21. The molecule has 7 nitrogen and oxygen atoms in total. The smallest absolute Gasteiger partial charge is 0.295 e. The number of likely N-dealkylation sites (tertiary alicyclic amines) is 1. The fraction of sp³-hybridized carbons (Fsp3) is 0.385. The van der Waals surface area contributed by atoms with E-state index < -0.39 is 29.3 Å². The average Bonchev–Trinajstić information content (AvgIpc) is 3.09. The third kappa shape index (κ3) is 5.50. The fourth-order valence-electron chi connectivity index (χ4n) is 4.36. The molecule has 1 amide bonds. The predicted molar refractivity (Wildman–Crippen MR) is 130 cm³/mol. The van der Waals surface area contributed by atoms with Crippen LogP contribution < -0.4 is 4.74 Å². The number of benzene rings is 2. The van der Waals surface area contributed by atoms with Gasteiger partial charge in [0.05, 0.1) is 30.9 Å². The topological polar surface area (TPSA) is 79.3 Å². The van der Waals surface area contributed by atoms with Crippen molar-refractivity contribution >= 4 is 29.1 Å². The molecule has 9 heteroatoms. The first kappa shape index (κ1) is 25.2. The number of aliphatic hydroxyl groups excluding tert-OH is 1. The summed E-state index contributed by atoms with van der Waals surface area (Å²) < 4.78 is 25.5. The number of rotatable bonds is 7. The number of halogens is 2. The molecular formula is C26H28ClFN2O5. The van der Waals surface area contributed by atoms with Gasteiger partial charge in [-0.2, -0.15) is 0 Å². The molecule has 2 aliphatic heterocycles. The zero-order chi connectivity index (χ0) is 25.1. The van der Waals surface area contributed by atoms with Gasteiger partial charge in [0.2, 0.25) is 0 Å². The molecule has 1 atom stereocenters. The monoisotopic (exact) mass is 502 g/mol. The summed E-state index contributed by atoms with van der Waals surface area (Å²) in [7, 11) is 0. The van der Waals surface area contributed by atoms with Crippen molar-refractivity contribution in [3.05, 3.63) is 70.0 Å². The van der Waals surface area contributed by atoms with E-state index in [0.717, 1.165) is 19.2 Å². The quantitative estimate of drug-likeness (QED) is 0.350. The number of morpholine rings is 1. The van der Waals surface area contributed by atoms with Crippen LogP contribution in [0.3, 0.4) is 0 Å². The Morgan fingerprint density at radius 3 is 2.57 bits per heavy atom. The Labute approximate surface area is 208 Å². The number of hydrogen-bond donors (Lipinski definition) is 1. The number of nitrogens with zero attached hydrogens (tertiary/aromatic N) is 2. The summed E-state index contributed by atoms with van der Waals surface area (Å²) in [6.07, 6.45) is -0.233. The van der Waals surface area contributed by atoms with Crippen molar-refractivity contribution in [1.29, 1.82) is 0 Å². The minimum absolute atomic E-state index is 0.0360. The van der Waals surface area contributed by atoms with E-state index in [-0.39, 0.29) is 29.5 Å². The molecule has 0 spiro atoms. The molecule has 0 radical (unpaired) electrons. The highest BCUT2D eigenvalue weighted by atomic mass is 35.5. The summed E-state index contributed by atoms with van der Waals surface area (Å²) in [4.78, 5) is 29.8. The van der Waals surface area contributed by atoms with E-state index in [4.69, 9.17) is 21.1 Å². The normalized spacial score (nSPS) is 20.6. The molecule has 2 saturated heterocycles. The van der Waals surface area contributed by atoms with E-state index in [1.807, 2.05) is 0 Å². The fourth-order valence-corrected chi connectivity index (χ4v) is 4.56. The molecule has 1 N–H and O–H groups in total. The molecular weight excluding hydrogens is 475 g/mol. The highest BCUT2D eigenvalue weighted by Crippen LogP contribution is 2.40. The van der Waals surface area contributed by atoms with Gasteiger partial charge in [0.15, 0.2) is 11.6 Å². The van der Waals surface area contributed by atoms with Crippen LogP contribution in [0.25, 0.3) is 5.76 Å². The Hall–Kier alpha value is -2.94. The first-order valence-electron chi connectivity index (χ1n) is 11.6. The summed E-state index contributed by atoms with van der Waals surface area (Å²) in [6, 6.07) is 9.92. The largest absolute Gasteiger partial charge is 0.507 e.